The number of hydrogen-bond acceptors (Lipinski definition) is 2. The normalized spacial score (nSPS) is 10.1. The fourth-order valence-corrected chi connectivity index (χ4v) is 1.47. The molecule has 0 heterocycles. The van der Waals surface area contributed by atoms with Crippen LogP contribution < -0.4 is 4.74 Å². The largest absolute Gasteiger partial charge is 0.504 e. The fraction of sp³-hybridized carbons (Fsp3) is 0.0769. The molecule has 0 unspecified atom stereocenters. The zero-order valence-electron chi connectivity index (χ0n) is 8.31. The van der Waals surface area contributed by atoms with Gasteiger partial charge in [-0.05, 0) is 22.9 Å². The summed E-state index contributed by atoms with van der Waals surface area (Å²) in [7, 11) is 0. The van der Waals surface area contributed by atoms with Crippen molar-refractivity contribution in [1.82, 2.24) is 0 Å². The molecule has 0 amide bonds. The number of phenols is 1. The van der Waals surface area contributed by atoms with E-state index in [1.54, 1.807) is 12.1 Å². The molecule has 0 fully saturated rings. The summed E-state index contributed by atoms with van der Waals surface area (Å²) < 4.78 is 5.33. The second-order valence-electron chi connectivity index (χ2n) is 3.27. The van der Waals surface area contributed by atoms with Gasteiger partial charge in [0.05, 0.1) is 0 Å². The zero-order chi connectivity index (χ0) is 10.7. The van der Waals surface area contributed by atoms with Crippen molar-refractivity contribution in [2.45, 2.75) is 0 Å². The highest BCUT2D eigenvalue weighted by atomic mass is 16.5. The van der Waals surface area contributed by atoms with Crippen molar-refractivity contribution >= 4 is 10.8 Å². The van der Waals surface area contributed by atoms with Gasteiger partial charge < -0.3 is 9.84 Å². The summed E-state index contributed by atoms with van der Waals surface area (Å²) in [4.78, 5) is 0. The highest BCUT2D eigenvalue weighted by molar-refractivity contribution is 5.85. The summed E-state index contributed by atoms with van der Waals surface area (Å²) in [5, 5.41) is 11.7. The van der Waals surface area contributed by atoms with E-state index >= 15 is 0 Å². The van der Waals surface area contributed by atoms with Crippen molar-refractivity contribution in [1.29, 1.82) is 0 Å². The molecule has 0 aliphatic carbocycles. The number of hydrogen-bond donors (Lipinski definition) is 1. The van der Waals surface area contributed by atoms with Crippen LogP contribution in [0.15, 0.2) is 49.1 Å². The number of benzene rings is 2. The van der Waals surface area contributed by atoms with E-state index in [1.165, 1.54) is 0 Å². The first-order chi connectivity index (χ1) is 7.31. The Kier molecular flexibility index (Phi) is 2.59. The molecule has 0 bridgehead atoms. The molecule has 76 valence electrons. The zero-order valence-corrected chi connectivity index (χ0v) is 8.31. The van der Waals surface area contributed by atoms with Gasteiger partial charge in [0, 0.05) is 0 Å². The van der Waals surface area contributed by atoms with Gasteiger partial charge in [-0.15, -0.1) is 0 Å². The third-order valence-corrected chi connectivity index (χ3v) is 2.18. The number of aromatic hydroxyl groups is 1. The molecule has 0 radical (unpaired) electrons. The van der Waals surface area contributed by atoms with Gasteiger partial charge in [0.25, 0.3) is 0 Å². The van der Waals surface area contributed by atoms with E-state index in [9.17, 15) is 5.11 Å². The summed E-state index contributed by atoms with van der Waals surface area (Å²) in [5.74, 6) is 0.657. The average molecular weight is 200 g/mol. The van der Waals surface area contributed by atoms with E-state index in [2.05, 4.69) is 6.58 Å². The lowest BCUT2D eigenvalue weighted by atomic mass is 10.1. The second-order valence-corrected chi connectivity index (χ2v) is 3.27. The molecule has 0 aromatic heterocycles. The predicted octanol–water partition coefficient (Wildman–Crippen LogP) is 3.11. The van der Waals surface area contributed by atoms with Crippen LogP contribution in [0.3, 0.4) is 0 Å². The molecular formula is C13H12O2. The molecule has 2 nitrogen and oxygen atoms in total. The van der Waals surface area contributed by atoms with Gasteiger partial charge in [0.15, 0.2) is 11.5 Å². The second kappa shape index (κ2) is 4.05. The molecule has 2 aromatic carbocycles. The van der Waals surface area contributed by atoms with Gasteiger partial charge in [0.2, 0.25) is 0 Å². The molecular weight excluding hydrogens is 188 g/mol. The molecule has 1 N–H and O–H groups in total. The van der Waals surface area contributed by atoms with E-state index in [4.69, 9.17) is 4.74 Å². The Morgan fingerprint density at radius 3 is 2.53 bits per heavy atom. The van der Waals surface area contributed by atoms with Crippen molar-refractivity contribution in [3.8, 4) is 11.5 Å². The van der Waals surface area contributed by atoms with Crippen LogP contribution in [-0.4, -0.2) is 11.7 Å². The minimum atomic E-state index is 0.163. The van der Waals surface area contributed by atoms with Crippen LogP contribution >= 0.6 is 0 Å². The Morgan fingerprint density at radius 2 is 1.87 bits per heavy atom. The Bertz CT molecular complexity index is 489. The molecule has 0 aliphatic heterocycles. The first kappa shape index (κ1) is 9.59. The van der Waals surface area contributed by atoms with Gasteiger partial charge in [-0.25, -0.2) is 0 Å². The smallest absolute Gasteiger partial charge is 0.162 e. The van der Waals surface area contributed by atoms with Crippen molar-refractivity contribution in [2.24, 2.45) is 0 Å². The van der Waals surface area contributed by atoms with E-state index in [0.29, 0.717) is 12.4 Å². The number of ether oxygens (including phenoxy) is 1. The lowest BCUT2D eigenvalue weighted by Gasteiger charge is -2.07. The third-order valence-electron chi connectivity index (χ3n) is 2.18. The molecule has 2 heteroatoms. The number of fused-ring (bicyclic) bond motifs is 1. The van der Waals surface area contributed by atoms with E-state index in [-0.39, 0.29) is 5.75 Å². The quantitative estimate of drug-likeness (QED) is 0.771. The van der Waals surface area contributed by atoms with Crippen molar-refractivity contribution in [3.05, 3.63) is 49.1 Å². The molecule has 0 atom stereocenters. The Morgan fingerprint density at radius 1 is 1.20 bits per heavy atom. The molecule has 15 heavy (non-hydrogen) atoms. The minimum Gasteiger partial charge on any atom is -0.504 e. The van der Waals surface area contributed by atoms with Crippen LogP contribution in [0.5, 0.6) is 11.5 Å². The van der Waals surface area contributed by atoms with Crippen molar-refractivity contribution in [2.75, 3.05) is 6.61 Å². The summed E-state index contributed by atoms with van der Waals surface area (Å²) >= 11 is 0. The maximum absolute atomic E-state index is 9.68. The monoisotopic (exact) mass is 200 g/mol. The maximum atomic E-state index is 9.68. The van der Waals surface area contributed by atoms with E-state index < -0.39 is 0 Å². The van der Waals surface area contributed by atoms with Gasteiger partial charge in [-0.3, -0.25) is 0 Å². The summed E-state index contributed by atoms with van der Waals surface area (Å²) in [5.41, 5.74) is 0. The number of rotatable bonds is 3. The van der Waals surface area contributed by atoms with Crippen LogP contribution in [0.4, 0.5) is 0 Å². The summed E-state index contributed by atoms with van der Waals surface area (Å²) in [6.45, 7) is 3.96. The Balaban J connectivity index is 2.47. The standard InChI is InChI=1S/C13H12O2/c1-2-7-15-13-9-11-6-4-3-5-10(11)8-12(13)14/h2-6,8-9,14H,1,7H2. The van der Waals surface area contributed by atoms with Crippen molar-refractivity contribution < 1.29 is 9.84 Å². The van der Waals surface area contributed by atoms with Gasteiger partial charge in [-0.1, -0.05) is 36.9 Å². The third kappa shape index (κ3) is 1.94. The van der Waals surface area contributed by atoms with Gasteiger partial charge in [-0.2, -0.15) is 0 Å². The summed E-state index contributed by atoms with van der Waals surface area (Å²) in [6.07, 6.45) is 1.65. The van der Waals surface area contributed by atoms with Gasteiger partial charge in [0.1, 0.15) is 6.61 Å². The van der Waals surface area contributed by atoms with Crippen LogP contribution in [-0.2, 0) is 0 Å². The molecule has 2 aromatic rings. The molecule has 0 saturated carbocycles. The van der Waals surface area contributed by atoms with E-state index in [1.807, 2.05) is 30.3 Å². The SMILES string of the molecule is C=CCOc1cc2ccccc2cc1O. The van der Waals surface area contributed by atoms with E-state index in [0.717, 1.165) is 10.8 Å². The topological polar surface area (TPSA) is 29.5 Å². The summed E-state index contributed by atoms with van der Waals surface area (Å²) in [6, 6.07) is 11.4. The maximum Gasteiger partial charge on any atom is 0.162 e. The highest BCUT2D eigenvalue weighted by Crippen LogP contribution is 2.31. The van der Waals surface area contributed by atoms with Gasteiger partial charge >= 0.3 is 0 Å². The first-order valence-corrected chi connectivity index (χ1v) is 4.76. The molecule has 0 aliphatic rings. The Hall–Kier alpha value is -1.96. The fourth-order valence-electron chi connectivity index (χ4n) is 1.47. The number of phenolic OH excluding ortho intramolecular Hbond substituents is 1. The van der Waals surface area contributed by atoms with Crippen LogP contribution in [0.1, 0.15) is 0 Å². The highest BCUT2D eigenvalue weighted by Gasteiger charge is 2.03. The van der Waals surface area contributed by atoms with Crippen LogP contribution in [0.25, 0.3) is 10.8 Å². The minimum absolute atomic E-state index is 0.163. The van der Waals surface area contributed by atoms with Crippen molar-refractivity contribution in [3.63, 3.8) is 0 Å². The van der Waals surface area contributed by atoms with Crippen LogP contribution in [0, 0.1) is 0 Å². The molecule has 2 rings (SSSR count). The average Bonchev–Trinajstić information content (AvgIpc) is 2.26. The Labute approximate surface area is 88.4 Å². The lowest BCUT2D eigenvalue weighted by molar-refractivity contribution is 0.337. The molecule has 0 saturated heterocycles. The van der Waals surface area contributed by atoms with Crippen LogP contribution in [0.2, 0.25) is 0 Å². The molecule has 0 spiro atoms. The predicted molar refractivity (Wildman–Crippen MR) is 61.3 cm³/mol. The first-order valence-electron chi connectivity index (χ1n) is 4.76. The lowest BCUT2D eigenvalue weighted by Crippen LogP contribution is -1.92.